The van der Waals surface area contributed by atoms with Gasteiger partial charge in [0.05, 0.1) is 0 Å². The van der Waals surface area contributed by atoms with Crippen LogP contribution in [-0.2, 0) is 16.1 Å². The highest BCUT2D eigenvalue weighted by Crippen LogP contribution is 2.10. The van der Waals surface area contributed by atoms with Gasteiger partial charge in [-0.1, -0.05) is 12.1 Å². The SMILES string of the molecule is CC(=O)NCCN1CCN(C(=O)c2ccc(CNC(C)=O)cc2)CC1. The molecule has 2 rings (SSSR count). The van der Waals surface area contributed by atoms with Crippen LogP contribution in [0.4, 0.5) is 0 Å². The van der Waals surface area contributed by atoms with E-state index in [1.807, 2.05) is 29.2 Å². The van der Waals surface area contributed by atoms with Crippen LogP contribution in [0, 0.1) is 0 Å². The van der Waals surface area contributed by atoms with Crippen LogP contribution >= 0.6 is 0 Å². The zero-order valence-electron chi connectivity index (χ0n) is 14.9. The summed E-state index contributed by atoms with van der Waals surface area (Å²) in [5, 5.41) is 5.52. The monoisotopic (exact) mass is 346 g/mol. The molecule has 3 amide bonds. The molecule has 1 heterocycles. The Labute approximate surface area is 148 Å². The summed E-state index contributed by atoms with van der Waals surface area (Å²) in [6.07, 6.45) is 0. The van der Waals surface area contributed by atoms with E-state index in [-0.39, 0.29) is 17.7 Å². The average Bonchev–Trinajstić information content (AvgIpc) is 2.60. The lowest BCUT2D eigenvalue weighted by Crippen LogP contribution is -2.50. The highest BCUT2D eigenvalue weighted by Gasteiger charge is 2.21. The van der Waals surface area contributed by atoms with Crippen LogP contribution in [0.3, 0.4) is 0 Å². The fourth-order valence-corrected chi connectivity index (χ4v) is 2.74. The minimum atomic E-state index is -0.0727. The van der Waals surface area contributed by atoms with E-state index < -0.39 is 0 Å². The molecule has 2 N–H and O–H groups in total. The Morgan fingerprint density at radius 2 is 1.52 bits per heavy atom. The first kappa shape index (κ1) is 18.9. The van der Waals surface area contributed by atoms with Gasteiger partial charge in [0.15, 0.2) is 0 Å². The first-order valence-electron chi connectivity index (χ1n) is 8.55. The topological polar surface area (TPSA) is 81.8 Å². The van der Waals surface area contributed by atoms with Crippen molar-refractivity contribution in [2.24, 2.45) is 0 Å². The van der Waals surface area contributed by atoms with Crippen molar-refractivity contribution in [2.45, 2.75) is 20.4 Å². The van der Waals surface area contributed by atoms with Crippen LogP contribution in [0.5, 0.6) is 0 Å². The molecule has 1 aliphatic rings. The molecule has 7 heteroatoms. The molecule has 7 nitrogen and oxygen atoms in total. The minimum Gasteiger partial charge on any atom is -0.355 e. The number of piperazine rings is 1. The third kappa shape index (κ3) is 6.19. The summed E-state index contributed by atoms with van der Waals surface area (Å²) in [5.74, 6) is -0.0557. The Bertz CT molecular complexity index is 607. The molecule has 1 saturated heterocycles. The Morgan fingerprint density at radius 1 is 0.920 bits per heavy atom. The van der Waals surface area contributed by atoms with Crippen molar-refractivity contribution in [2.75, 3.05) is 39.3 Å². The van der Waals surface area contributed by atoms with Crippen molar-refractivity contribution >= 4 is 17.7 Å². The lowest BCUT2D eigenvalue weighted by Gasteiger charge is -2.34. The lowest BCUT2D eigenvalue weighted by molar-refractivity contribution is -0.119. The van der Waals surface area contributed by atoms with Crippen molar-refractivity contribution in [1.82, 2.24) is 20.4 Å². The number of nitrogens with one attached hydrogen (secondary N) is 2. The second-order valence-corrected chi connectivity index (χ2v) is 6.22. The fraction of sp³-hybridized carbons (Fsp3) is 0.500. The van der Waals surface area contributed by atoms with Gasteiger partial charge >= 0.3 is 0 Å². The van der Waals surface area contributed by atoms with Gasteiger partial charge in [0.2, 0.25) is 11.8 Å². The van der Waals surface area contributed by atoms with E-state index in [0.29, 0.717) is 31.7 Å². The van der Waals surface area contributed by atoms with Crippen molar-refractivity contribution in [3.8, 4) is 0 Å². The van der Waals surface area contributed by atoms with Crippen LogP contribution in [0.1, 0.15) is 29.8 Å². The molecule has 0 radical (unpaired) electrons. The van der Waals surface area contributed by atoms with E-state index in [0.717, 1.165) is 25.2 Å². The van der Waals surface area contributed by atoms with E-state index >= 15 is 0 Å². The maximum absolute atomic E-state index is 12.6. The largest absolute Gasteiger partial charge is 0.355 e. The molecule has 1 aromatic rings. The number of hydrogen-bond donors (Lipinski definition) is 2. The maximum atomic E-state index is 12.6. The lowest BCUT2D eigenvalue weighted by atomic mass is 10.1. The molecule has 0 atom stereocenters. The number of carbonyl (C=O) groups is 3. The summed E-state index contributed by atoms with van der Waals surface area (Å²) in [6.45, 7) is 7.90. The molecule has 0 unspecified atom stereocenters. The molecule has 1 fully saturated rings. The molecule has 0 aromatic heterocycles. The Balaban J connectivity index is 1.79. The van der Waals surface area contributed by atoms with Crippen molar-refractivity contribution in [3.05, 3.63) is 35.4 Å². The van der Waals surface area contributed by atoms with Crippen LogP contribution in [0.25, 0.3) is 0 Å². The van der Waals surface area contributed by atoms with E-state index in [1.165, 1.54) is 13.8 Å². The van der Waals surface area contributed by atoms with Crippen molar-refractivity contribution < 1.29 is 14.4 Å². The van der Waals surface area contributed by atoms with E-state index in [4.69, 9.17) is 0 Å². The first-order valence-corrected chi connectivity index (χ1v) is 8.55. The Morgan fingerprint density at radius 3 is 2.08 bits per heavy atom. The molecule has 1 aromatic carbocycles. The normalized spacial score (nSPS) is 14.9. The van der Waals surface area contributed by atoms with E-state index in [1.54, 1.807) is 0 Å². The molecular formula is C18H26N4O3. The van der Waals surface area contributed by atoms with Gasteiger partial charge in [0, 0.05) is 65.2 Å². The standard InChI is InChI=1S/C18H26N4O3/c1-14(23)19-7-8-21-9-11-22(12-10-21)18(25)17-5-3-16(4-6-17)13-20-15(2)24/h3-6H,7-13H2,1-2H3,(H,19,23)(H,20,24). The second kappa shape index (κ2) is 9.17. The van der Waals surface area contributed by atoms with Crippen molar-refractivity contribution in [3.63, 3.8) is 0 Å². The van der Waals surface area contributed by atoms with Crippen LogP contribution in [0.2, 0.25) is 0 Å². The predicted octanol–water partition coefficient (Wildman–Crippen LogP) is 0.217. The number of amides is 3. The second-order valence-electron chi connectivity index (χ2n) is 6.22. The third-order valence-corrected chi connectivity index (χ3v) is 4.20. The van der Waals surface area contributed by atoms with Gasteiger partial charge in [-0.2, -0.15) is 0 Å². The van der Waals surface area contributed by atoms with Gasteiger partial charge in [-0.05, 0) is 17.7 Å². The molecule has 0 saturated carbocycles. The first-order chi connectivity index (χ1) is 12.0. The summed E-state index contributed by atoms with van der Waals surface area (Å²) in [6, 6.07) is 7.35. The minimum absolute atomic E-state index is 0.0178. The molecule has 0 bridgehead atoms. The molecule has 25 heavy (non-hydrogen) atoms. The number of benzene rings is 1. The molecular weight excluding hydrogens is 320 g/mol. The molecule has 0 aliphatic carbocycles. The summed E-state index contributed by atoms with van der Waals surface area (Å²) < 4.78 is 0. The summed E-state index contributed by atoms with van der Waals surface area (Å²) >= 11 is 0. The van der Waals surface area contributed by atoms with Gasteiger partial charge in [-0.3, -0.25) is 19.3 Å². The van der Waals surface area contributed by atoms with Crippen molar-refractivity contribution in [1.29, 1.82) is 0 Å². The number of carbonyl (C=O) groups excluding carboxylic acids is 3. The molecule has 0 spiro atoms. The predicted molar refractivity (Wildman–Crippen MR) is 95.0 cm³/mol. The summed E-state index contributed by atoms with van der Waals surface area (Å²) in [7, 11) is 0. The zero-order valence-corrected chi connectivity index (χ0v) is 14.9. The van der Waals surface area contributed by atoms with Crippen LogP contribution in [-0.4, -0.2) is 66.8 Å². The van der Waals surface area contributed by atoms with Crippen LogP contribution in [0.15, 0.2) is 24.3 Å². The maximum Gasteiger partial charge on any atom is 0.253 e. The van der Waals surface area contributed by atoms with Gasteiger partial charge in [-0.25, -0.2) is 0 Å². The quantitative estimate of drug-likeness (QED) is 0.772. The summed E-state index contributed by atoms with van der Waals surface area (Å²) in [4.78, 5) is 38.5. The van der Waals surface area contributed by atoms with E-state index in [9.17, 15) is 14.4 Å². The van der Waals surface area contributed by atoms with E-state index in [2.05, 4.69) is 15.5 Å². The average molecular weight is 346 g/mol. The Hall–Kier alpha value is -2.41. The summed E-state index contributed by atoms with van der Waals surface area (Å²) in [5.41, 5.74) is 1.63. The van der Waals surface area contributed by atoms with Gasteiger partial charge in [0.25, 0.3) is 5.91 Å². The third-order valence-electron chi connectivity index (χ3n) is 4.20. The zero-order chi connectivity index (χ0) is 18.2. The number of nitrogens with zero attached hydrogens (tertiary/aromatic N) is 2. The fourth-order valence-electron chi connectivity index (χ4n) is 2.74. The number of rotatable bonds is 6. The smallest absolute Gasteiger partial charge is 0.253 e. The number of hydrogen-bond acceptors (Lipinski definition) is 4. The van der Waals surface area contributed by atoms with Gasteiger partial charge < -0.3 is 15.5 Å². The highest BCUT2D eigenvalue weighted by molar-refractivity contribution is 5.94. The molecule has 136 valence electrons. The van der Waals surface area contributed by atoms with Crippen LogP contribution < -0.4 is 10.6 Å². The Kier molecular flexibility index (Phi) is 6.94. The highest BCUT2D eigenvalue weighted by atomic mass is 16.2. The van der Waals surface area contributed by atoms with Gasteiger partial charge in [-0.15, -0.1) is 0 Å². The molecule has 1 aliphatic heterocycles. The van der Waals surface area contributed by atoms with Gasteiger partial charge in [0.1, 0.15) is 0 Å².